The van der Waals surface area contributed by atoms with Crippen LogP contribution in [0.2, 0.25) is 0 Å². The summed E-state index contributed by atoms with van der Waals surface area (Å²) >= 11 is 0. The molecule has 66 valence electrons. The molecule has 6 nitrogen and oxygen atoms in total. The molecule has 0 fully saturated rings. The highest BCUT2D eigenvalue weighted by atomic mass is 16.3. The first-order valence-electron chi connectivity index (χ1n) is 3.40. The highest BCUT2D eigenvalue weighted by molar-refractivity contribution is 5.60. The van der Waals surface area contributed by atoms with Gasteiger partial charge in [-0.05, 0) is 0 Å². The molecule has 12 heavy (non-hydrogen) atoms. The summed E-state index contributed by atoms with van der Waals surface area (Å²) in [4.78, 5) is 7.68. The third kappa shape index (κ3) is 1.44. The molecule has 7 N–H and O–H groups in total. The van der Waals surface area contributed by atoms with E-state index in [2.05, 4.69) is 9.97 Å². The molecular formula is C6H11N5O. The van der Waals surface area contributed by atoms with Crippen molar-refractivity contribution in [2.45, 2.75) is 13.2 Å². The van der Waals surface area contributed by atoms with Crippen molar-refractivity contribution in [3.63, 3.8) is 0 Å². The zero-order valence-electron chi connectivity index (χ0n) is 6.49. The molecule has 0 aliphatic heterocycles. The number of aromatic nitrogens is 2. The molecule has 0 aliphatic rings. The lowest BCUT2D eigenvalue weighted by Gasteiger charge is -2.05. The summed E-state index contributed by atoms with van der Waals surface area (Å²) in [7, 11) is 0. The van der Waals surface area contributed by atoms with Crippen molar-refractivity contribution in [3.8, 4) is 0 Å². The van der Waals surface area contributed by atoms with E-state index in [1.54, 1.807) is 0 Å². The molecule has 0 saturated carbocycles. The van der Waals surface area contributed by atoms with Crippen LogP contribution in [0.1, 0.15) is 11.5 Å². The Kier molecular flexibility index (Phi) is 2.41. The molecule has 1 aromatic rings. The van der Waals surface area contributed by atoms with Crippen molar-refractivity contribution in [2.75, 3.05) is 11.5 Å². The maximum Gasteiger partial charge on any atom is 0.150 e. The van der Waals surface area contributed by atoms with Gasteiger partial charge in [-0.25, -0.2) is 9.97 Å². The fourth-order valence-electron chi connectivity index (χ4n) is 0.800. The first-order valence-corrected chi connectivity index (χ1v) is 3.40. The van der Waals surface area contributed by atoms with Gasteiger partial charge in [0.05, 0.1) is 24.5 Å². The van der Waals surface area contributed by atoms with E-state index in [0.717, 1.165) is 0 Å². The molecule has 0 saturated heterocycles. The highest BCUT2D eigenvalue weighted by Gasteiger charge is 2.06. The van der Waals surface area contributed by atoms with Crippen LogP contribution in [0.15, 0.2) is 0 Å². The van der Waals surface area contributed by atoms with Crippen LogP contribution < -0.4 is 17.2 Å². The van der Waals surface area contributed by atoms with Crippen molar-refractivity contribution in [3.05, 3.63) is 11.5 Å². The molecule has 0 radical (unpaired) electrons. The topological polar surface area (TPSA) is 124 Å². The van der Waals surface area contributed by atoms with Crippen LogP contribution in [0.3, 0.4) is 0 Å². The minimum atomic E-state index is -0.258. The lowest BCUT2D eigenvalue weighted by Crippen LogP contribution is -2.11. The number of hydrogen-bond donors (Lipinski definition) is 4. The first kappa shape index (κ1) is 8.69. The van der Waals surface area contributed by atoms with E-state index >= 15 is 0 Å². The normalized spacial score (nSPS) is 10.2. The summed E-state index contributed by atoms with van der Waals surface area (Å²) in [6.45, 7) is -0.0803. The second-order valence-corrected chi connectivity index (χ2v) is 2.25. The maximum absolute atomic E-state index is 8.80. The quantitative estimate of drug-likeness (QED) is 0.431. The van der Waals surface area contributed by atoms with Gasteiger partial charge in [-0.1, -0.05) is 0 Å². The number of nitrogen functional groups attached to an aromatic ring is 2. The third-order valence-electron chi connectivity index (χ3n) is 1.43. The first-order chi connectivity index (χ1) is 5.69. The highest BCUT2D eigenvalue weighted by Crippen LogP contribution is 2.15. The van der Waals surface area contributed by atoms with Gasteiger partial charge < -0.3 is 22.3 Å². The van der Waals surface area contributed by atoms with Gasteiger partial charge in [0.15, 0.2) is 5.82 Å². The van der Waals surface area contributed by atoms with E-state index in [-0.39, 0.29) is 24.7 Å². The van der Waals surface area contributed by atoms with Gasteiger partial charge in [0.1, 0.15) is 5.82 Å². The molecule has 0 amide bonds. The van der Waals surface area contributed by atoms with Crippen molar-refractivity contribution >= 4 is 11.5 Å². The Morgan fingerprint density at radius 3 is 2.42 bits per heavy atom. The average molecular weight is 169 g/mol. The Balaban J connectivity index is 3.19. The molecule has 1 rings (SSSR count). The molecular weight excluding hydrogens is 158 g/mol. The molecule has 0 aromatic carbocycles. The minimum Gasteiger partial charge on any atom is -0.394 e. The second-order valence-electron chi connectivity index (χ2n) is 2.25. The summed E-state index contributed by atoms with van der Waals surface area (Å²) in [6.07, 6.45) is 0. The predicted molar refractivity (Wildman–Crippen MR) is 44.7 cm³/mol. The molecule has 0 spiro atoms. The van der Waals surface area contributed by atoms with Crippen molar-refractivity contribution in [2.24, 2.45) is 5.73 Å². The molecule has 0 aliphatic carbocycles. The molecule has 6 heteroatoms. The Morgan fingerprint density at radius 2 is 1.92 bits per heavy atom. The van der Waals surface area contributed by atoms with Crippen molar-refractivity contribution in [1.82, 2.24) is 9.97 Å². The predicted octanol–water partition coefficient (Wildman–Crippen LogP) is -1.41. The minimum absolute atomic E-state index is 0.162. The van der Waals surface area contributed by atoms with Gasteiger partial charge in [0, 0.05) is 0 Å². The molecule has 0 bridgehead atoms. The van der Waals surface area contributed by atoms with Gasteiger partial charge in [-0.15, -0.1) is 0 Å². The number of aliphatic hydroxyl groups is 1. The maximum atomic E-state index is 8.80. The van der Waals surface area contributed by atoms with Crippen LogP contribution in [0.25, 0.3) is 0 Å². The van der Waals surface area contributed by atoms with E-state index in [1.807, 2.05) is 0 Å². The van der Waals surface area contributed by atoms with Gasteiger partial charge in [-0.3, -0.25) is 0 Å². The third-order valence-corrected chi connectivity index (χ3v) is 1.43. The summed E-state index contributed by atoms with van der Waals surface area (Å²) in [6, 6.07) is 0. The number of anilines is 2. The van der Waals surface area contributed by atoms with Crippen LogP contribution in [0.4, 0.5) is 11.5 Å². The number of nitrogens with two attached hydrogens (primary N) is 3. The lowest BCUT2D eigenvalue weighted by atomic mass is 10.3. The zero-order valence-corrected chi connectivity index (χ0v) is 6.49. The van der Waals surface area contributed by atoms with Crippen molar-refractivity contribution < 1.29 is 5.11 Å². The largest absolute Gasteiger partial charge is 0.394 e. The van der Waals surface area contributed by atoms with Crippen molar-refractivity contribution in [1.29, 1.82) is 0 Å². The Labute approximate surface area is 69.4 Å². The molecule has 0 unspecified atom stereocenters. The van der Waals surface area contributed by atoms with Gasteiger partial charge in [0.25, 0.3) is 0 Å². The van der Waals surface area contributed by atoms with E-state index in [9.17, 15) is 0 Å². The summed E-state index contributed by atoms with van der Waals surface area (Å²) < 4.78 is 0. The van der Waals surface area contributed by atoms with E-state index in [1.165, 1.54) is 0 Å². The van der Waals surface area contributed by atoms with Crippen LogP contribution in [0.5, 0.6) is 0 Å². The van der Waals surface area contributed by atoms with Crippen LogP contribution in [-0.2, 0) is 13.2 Å². The molecule has 1 heterocycles. The number of aliphatic hydroxyl groups excluding tert-OH is 1. The van der Waals surface area contributed by atoms with E-state index in [0.29, 0.717) is 11.5 Å². The Morgan fingerprint density at radius 1 is 1.25 bits per heavy atom. The van der Waals surface area contributed by atoms with E-state index < -0.39 is 0 Å². The van der Waals surface area contributed by atoms with Crippen LogP contribution in [0, 0.1) is 0 Å². The van der Waals surface area contributed by atoms with Crippen LogP contribution >= 0.6 is 0 Å². The molecule has 0 atom stereocenters. The van der Waals surface area contributed by atoms with Gasteiger partial charge in [0.2, 0.25) is 0 Å². The number of nitrogens with zero attached hydrogens (tertiary/aromatic N) is 2. The van der Waals surface area contributed by atoms with Crippen LogP contribution in [-0.4, -0.2) is 15.1 Å². The molecule has 1 aromatic heterocycles. The summed E-state index contributed by atoms with van der Waals surface area (Å²) in [5, 5.41) is 8.80. The monoisotopic (exact) mass is 169 g/mol. The summed E-state index contributed by atoms with van der Waals surface area (Å²) in [5.41, 5.74) is 16.7. The zero-order chi connectivity index (χ0) is 9.14. The van der Waals surface area contributed by atoms with E-state index in [4.69, 9.17) is 22.3 Å². The smallest absolute Gasteiger partial charge is 0.150 e. The average Bonchev–Trinajstić information content (AvgIpc) is 2.09. The Bertz CT molecular complexity index is 288. The standard InChI is InChI=1S/C6H11N5O/c7-1-4-10-3(2-12)5(8)6(9)11-4/h12H,1-2,7-8H2,(H2,9,10,11). The number of rotatable bonds is 2. The summed E-state index contributed by atoms with van der Waals surface area (Å²) in [5.74, 6) is 0.542. The fourth-order valence-corrected chi connectivity index (χ4v) is 0.800. The lowest BCUT2D eigenvalue weighted by molar-refractivity contribution is 0.277. The SMILES string of the molecule is NCc1nc(N)c(N)c(CO)n1. The fraction of sp³-hybridized carbons (Fsp3) is 0.333. The van der Waals surface area contributed by atoms with Gasteiger partial charge in [-0.2, -0.15) is 0 Å². The van der Waals surface area contributed by atoms with Gasteiger partial charge >= 0.3 is 0 Å². The second kappa shape index (κ2) is 3.33. The Hall–Kier alpha value is -1.40. The number of hydrogen-bond acceptors (Lipinski definition) is 6.